The fourth-order valence-corrected chi connectivity index (χ4v) is 3.56. The number of likely N-dealkylation sites (tertiary alicyclic amines) is 1. The molecule has 2 saturated heterocycles. The molecule has 4 rings (SSSR count). The van der Waals surface area contributed by atoms with E-state index >= 15 is 0 Å². The summed E-state index contributed by atoms with van der Waals surface area (Å²) in [6.45, 7) is 6.05. The number of piperidine rings is 1. The van der Waals surface area contributed by atoms with E-state index in [4.69, 9.17) is 4.74 Å². The summed E-state index contributed by atoms with van der Waals surface area (Å²) in [5.74, 6) is 1.37. The van der Waals surface area contributed by atoms with Gasteiger partial charge in [-0.05, 0) is 57.5 Å². The highest BCUT2D eigenvalue weighted by Crippen LogP contribution is 2.23. The largest absolute Gasteiger partial charge is 0.490 e. The van der Waals surface area contributed by atoms with Crippen molar-refractivity contribution in [2.24, 2.45) is 0 Å². The van der Waals surface area contributed by atoms with E-state index in [1.165, 1.54) is 32.4 Å². The van der Waals surface area contributed by atoms with Crippen LogP contribution in [-0.2, 0) is 0 Å². The lowest BCUT2D eigenvalue weighted by Gasteiger charge is -2.23. The first-order valence-corrected chi connectivity index (χ1v) is 9.34. The second-order valence-corrected chi connectivity index (χ2v) is 6.84. The normalized spacial score (nSPS) is 21.5. The van der Waals surface area contributed by atoms with Gasteiger partial charge in [0, 0.05) is 19.1 Å². The summed E-state index contributed by atoms with van der Waals surface area (Å²) in [6, 6.07) is 6.19. The zero-order valence-electron chi connectivity index (χ0n) is 14.6. The van der Waals surface area contributed by atoms with Crippen LogP contribution in [0, 0.1) is 0 Å². The van der Waals surface area contributed by atoms with Crippen LogP contribution >= 0.6 is 0 Å². The Hall–Kier alpha value is -1.99. The second-order valence-electron chi connectivity index (χ2n) is 6.84. The standard InChI is InChI=1S/C18H26N6O/c1-2-10-24(9-1)11-12-25-16-7-3-6-15-17(16)21-18(23-22-15)20-14-5-4-8-19-13-14/h3,6-7,14,19H,1-2,4-5,8-13H2,(H,20,21,23). The maximum absolute atomic E-state index is 6.01. The van der Waals surface area contributed by atoms with Gasteiger partial charge in [-0.3, -0.25) is 4.90 Å². The molecule has 2 fully saturated rings. The summed E-state index contributed by atoms with van der Waals surface area (Å²) in [4.78, 5) is 7.11. The van der Waals surface area contributed by atoms with Crippen LogP contribution < -0.4 is 15.4 Å². The van der Waals surface area contributed by atoms with E-state index in [1.807, 2.05) is 18.2 Å². The van der Waals surface area contributed by atoms with E-state index in [0.29, 0.717) is 18.6 Å². The van der Waals surface area contributed by atoms with Crippen molar-refractivity contribution in [3.05, 3.63) is 18.2 Å². The molecular weight excluding hydrogens is 316 g/mol. The van der Waals surface area contributed by atoms with Crippen molar-refractivity contribution in [3.8, 4) is 5.75 Å². The number of benzene rings is 1. The van der Waals surface area contributed by atoms with Crippen molar-refractivity contribution in [1.29, 1.82) is 0 Å². The Morgan fingerprint density at radius 3 is 2.96 bits per heavy atom. The molecule has 0 spiro atoms. The number of para-hydroxylation sites is 1. The predicted molar refractivity (Wildman–Crippen MR) is 98.0 cm³/mol. The summed E-state index contributed by atoms with van der Waals surface area (Å²) in [7, 11) is 0. The molecule has 2 N–H and O–H groups in total. The summed E-state index contributed by atoms with van der Waals surface area (Å²) in [5, 5.41) is 15.3. The van der Waals surface area contributed by atoms with Gasteiger partial charge in [0.15, 0.2) is 0 Å². The molecule has 2 aliphatic rings. The van der Waals surface area contributed by atoms with Gasteiger partial charge in [0.2, 0.25) is 5.95 Å². The third kappa shape index (κ3) is 4.16. The molecule has 1 aromatic carbocycles. The highest BCUT2D eigenvalue weighted by atomic mass is 16.5. The molecule has 7 nitrogen and oxygen atoms in total. The van der Waals surface area contributed by atoms with E-state index in [-0.39, 0.29) is 0 Å². The molecule has 1 atom stereocenters. The maximum atomic E-state index is 6.01. The number of ether oxygens (including phenoxy) is 1. The highest BCUT2D eigenvalue weighted by molar-refractivity contribution is 5.81. The van der Waals surface area contributed by atoms with Crippen molar-refractivity contribution in [1.82, 2.24) is 25.4 Å². The molecule has 2 aliphatic heterocycles. The fourth-order valence-electron chi connectivity index (χ4n) is 3.56. The Kier molecular flexibility index (Phi) is 5.22. The molecule has 1 aromatic heterocycles. The van der Waals surface area contributed by atoms with E-state index < -0.39 is 0 Å². The summed E-state index contributed by atoms with van der Waals surface area (Å²) in [6.07, 6.45) is 4.90. The van der Waals surface area contributed by atoms with Crippen molar-refractivity contribution >= 4 is 17.0 Å². The number of hydrogen-bond acceptors (Lipinski definition) is 7. The van der Waals surface area contributed by atoms with Crippen LogP contribution in [0.2, 0.25) is 0 Å². The molecule has 0 bridgehead atoms. The molecule has 0 amide bonds. The Morgan fingerprint density at radius 1 is 1.20 bits per heavy atom. The van der Waals surface area contributed by atoms with Crippen LogP contribution in [0.1, 0.15) is 25.7 Å². The zero-order valence-corrected chi connectivity index (χ0v) is 14.6. The molecule has 2 aromatic rings. The Labute approximate surface area is 148 Å². The van der Waals surface area contributed by atoms with Crippen LogP contribution in [0.5, 0.6) is 5.75 Å². The minimum atomic E-state index is 0.358. The van der Waals surface area contributed by atoms with Gasteiger partial charge in [0.25, 0.3) is 0 Å². The van der Waals surface area contributed by atoms with Gasteiger partial charge < -0.3 is 15.4 Å². The molecule has 0 saturated carbocycles. The van der Waals surface area contributed by atoms with Crippen LogP contribution in [0.15, 0.2) is 18.2 Å². The summed E-state index contributed by atoms with van der Waals surface area (Å²) < 4.78 is 6.01. The van der Waals surface area contributed by atoms with Gasteiger partial charge in [-0.15, -0.1) is 10.2 Å². The zero-order chi connectivity index (χ0) is 16.9. The van der Waals surface area contributed by atoms with Gasteiger partial charge in [0.1, 0.15) is 23.4 Å². The van der Waals surface area contributed by atoms with Crippen LogP contribution in [0.3, 0.4) is 0 Å². The number of aromatic nitrogens is 3. The van der Waals surface area contributed by atoms with Gasteiger partial charge in [-0.1, -0.05) is 6.07 Å². The average molecular weight is 342 g/mol. The fraction of sp³-hybridized carbons (Fsp3) is 0.611. The molecule has 1 unspecified atom stereocenters. The first-order valence-electron chi connectivity index (χ1n) is 9.34. The second kappa shape index (κ2) is 7.93. The number of nitrogens with one attached hydrogen (secondary N) is 2. The van der Waals surface area contributed by atoms with Gasteiger partial charge >= 0.3 is 0 Å². The van der Waals surface area contributed by atoms with Gasteiger partial charge in [0.05, 0.1) is 0 Å². The topological polar surface area (TPSA) is 75.2 Å². The average Bonchev–Trinajstić information content (AvgIpc) is 3.16. The van der Waals surface area contributed by atoms with E-state index in [2.05, 4.69) is 30.7 Å². The number of nitrogens with zero attached hydrogens (tertiary/aromatic N) is 4. The lowest BCUT2D eigenvalue weighted by atomic mass is 10.1. The van der Waals surface area contributed by atoms with Gasteiger partial charge in [-0.25, -0.2) is 4.98 Å². The SMILES string of the molecule is c1cc(OCCN2CCCC2)c2nc(NC3CCCNC3)nnc2c1. The summed E-state index contributed by atoms with van der Waals surface area (Å²) >= 11 is 0. The van der Waals surface area contributed by atoms with Crippen molar-refractivity contribution < 1.29 is 4.74 Å². The Bertz CT molecular complexity index is 697. The highest BCUT2D eigenvalue weighted by Gasteiger charge is 2.15. The van der Waals surface area contributed by atoms with E-state index in [9.17, 15) is 0 Å². The molecular formula is C18H26N6O. The van der Waals surface area contributed by atoms with E-state index in [1.54, 1.807) is 0 Å². The minimum Gasteiger partial charge on any atom is -0.490 e. The third-order valence-electron chi connectivity index (χ3n) is 4.94. The lowest BCUT2D eigenvalue weighted by molar-refractivity contribution is 0.239. The Balaban J connectivity index is 1.45. The molecule has 0 aliphatic carbocycles. The Morgan fingerprint density at radius 2 is 2.12 bits per heavy atom. The number of hydrogen-bond donors (Lipinski definition) is 2. The monoisotopic (exact) mass is 342 g/mol. The lowest BCUT2D eigenvalue weighted by Crippen LogP contribution is -2.38. The van der Waals surface area contributed by atoms with Gasteiger partial charge in [-0.2, -0.15) is 0 Å². The minimum absolute atomic E-state index is 0.358. The first-order chi connectivity index (χ1) is 12.4. The third-order valence-corrected chi connectivity index (χ3v) is 4.94. The smallest absolute Gasteiger partial charge is 0.243 e. The van der Waals surface area contributed by atoms with Crippen molar-refractivity contribution in [2.45, 2.75) is 31.7 Å². The van der Waals surface area contributed by atoms with E-state index in [0.717, 1.165) is 42.8 Å². The predicted octanol–water partition coefficient (Wildman–Crippen LogP) is 1.66. The number of fused-ring (bicyclic) bond motifs is 1. The van der Waals surface area contributed by atoms with Crippen LogP contribution in [-0.4, -0.2) is 65.5 Å². The summed E-state index contributed by atoms with van der Waals surface area (Å²) in [5.41, 5.74) is 1.55. The molecule has 3 heterocycles. The number of anilines is 1. The van der Waals surface area contributed by atoms with Crippen molar-refractivity contribution in [2.75, 3.05) is 44.6 Å². The quantitative estimate of drug-likeness (QED) is 0.827. The molecule has 134 valence electrons. The van der Waals surface area contributed by atoms with Crippen molar-refractivity contribution in [3.63, 3.8) is 0 Å². The maximum Gasteiger partial charge on any atom is 0.243 e. The van der Waals surface area contributed by atoms with Crippen LogP contribution in [0.25, 0.3) is 11.0 Å². The molecule has 7 heteroatoms. The first kappa shape index (κ1) is 16.5. The molecule has 25 heavy (non-hydrogen) atoms. The molecule has 0 radical (unpaired) electrons. The van der Waals surface area contributed by atoms with Crippen LogP contribution in [0.4, 0.5) is 5.95 Å². The number of rotatable bonds is 6.